The predicted molar refractivity (Wildman–Crippen MR) is 116 cm³/mol. The maximum absolute atomic E-state index is 14.5. The number of ether oxygens (including phenoxy) is 1. The number of benzene rings is 2. The molecule has 2 aromatic carbocycles. The molecule has 0 saturated carbocycles. The number of carbonyl (C=O) groups excluding carboxylic acids is 1. The van der Waals surface area contributed by atoms with E-state index in [0.29, 0.717) is 57.2 Å². The second-order valence-corrected chi connectivity index (χ2v) is 8.75. The van der Waals surface area contributed by atoms with Crippen LogP contribution in [0.3, 0.4) is 0 Å². The fourth-order valence-electron chi connectivity index (χ4n) is 5.23. The van der Waals surface area contributed by atoms with E-state index in [4.69, 9.17) is 4.74 Å². The highest BCUT2D eigenvalue weighted by molar-refractivity contribution is 5.82. The van der Waals surface area contributed by atoms with Crippen molar-refractivity contribution in [2.45, 2.75) is 18.6 Å². The molecule has 0 bridgehead atoms. The summed E-state index contributed by atoms with van der Waals surface area (Å²) in [4.78, 5) is 19.3. The molecule has 33 heavy (non-hydrogen) atoms. The van der Waals surface area contributed by atoms with E-state index >= 15 is 0 Å². The van der Waals surface area contributed by atoms with Gasteiger partial charge < -0.3 is 19.4 Å². The molecule has 3 aliphatic heterocycles. The lowest BCUT2D eigenvalue weighted by Gasteiger charge is -2.50. The third-order valence-electron chi connectivity index (χ3n) is 6.87. The number of anilines is 2. The number of amides is 1. The van der Waals surface area contributed by atoms with Gasteiger partial charge in [0, 0.05) is 38.4 Å². The van der Waals surface area contributed by atoms with Crippen LogP contribution in [0.1, 0.15) is 11.1 Å². The van der Waals surface area contributed by atoms with Gasteiger partial charge in [-0.25, -0.2) is 4.39 Å². The number of nitrogens with zero attached hydrogens (tertiary/aromatic N) is 3. The number of piperazine rings is 1. The quantitative estimate of drug-likeness (QED) is 0.639. The van der Waals surface area contributed by atoms with Gasteiger partial charge in [0.05, 0.1) is 36.4 Å². The summed E-state index contributed by atoms with van der Waals surface area (Å²) in [7, 11) is 0. The summed E-state index contributed by atoms with van der Waals surface area (Å²) in [5.41, 5.74) is 1.04. The second kappa shape index (κ2) is 8.52. The molecule has 176 valence electrons. The summed E-state index contributed by atoms with van der Waals surface area (Å²) in [6, 6.07) is 10.1. The van der Waals surface area contributed by atoms with E-state index in [-0.39, 0.29) is 24.2 Å². The summed E-state index contributed by atoms with van der Waals surface area (Å²) in [5, 5.41) is 0. The van der Waals surface area contributed by atoms with Gasteiger partial charge in [-0.2, -0.15) is 13.2 Å². The first-order valence-electron chi connectivity index (χ1n) is 11.2. The van der Waals surface area contributed by atoms with Gasteiger partial charge in [-0.3, -0.25) is 4.79 Å². The van der Waals surface area contributed by atoms with Crippen molar-refractivity contribution in [2.75, 3.05) is 55.7 Å². The molecule has 3 aliphatic rings. The normalized spacial score (nSPS) is 23.2. The zero-order chi connectivity index (χ0) is 23.2. The van der Waals surface area contributed by atoms with Crippen LogP contribution in [0, 0.1) is 11.7 Å². The summed E-state index contributed by atoms with van der Waals surface area (Å²) >= 11 is 0. The SMILES string of the molecule is O=C([C@@H]1Cc2cc(C(F)(F)F)ccc2N2CCN(c3ccccc3F)C[C@H]12)N1CCOCC1. The van der Waals surface area contributed by atoms with Gasteiger partial charge in [0.15, 0.2) is 0 Å². The molecule has 0 N–H and O–H groups in total. The third kappa shape index (κ3) is 4.14. The molecule has 0 radical (unpaired) electrons. The molecule has 2 saturated heterocycles. The Labute approximate surface area is 189 Å². The Kier molecular flexibility index (Phi) is 5.68. The van der Waals surface area contributed by atoms with Crippen molar-refractivity contribution in [3.05, 3.63) is 59.4 Å². The number of fused-ring (bicyclic) bond motifs is 3. The van der Waals surface area contributed by atoms with E-state index in [2.05, 4.69) is 0 Å². The van der Waals surface area contributed by atoms with Crippen LogP contribution in [-0.2, 0) is 22.1 Å². The Balaban J connectivity index is 1.50. The molecule has 9 heteroatoms. The van der Waals surface area contributed by atoms with E-state index in [0.717, 1.165) is 11.8 Å². The van der Waals surface area contributed by atoms with Crippen LogP contribution < -0.4 is 9.80 Å². The molecule has 5 nitrogen and oxygen atoms in total. The van der Waals surface area contributed by atoms with Crippen molar-refractivity contribution in [1.29, 1.82) is 0 Å². The highest BCUT2D eigenvalue weighted by Crippen LogP contribution is 2.41. The zero-order valence-corrected chi connectivity index (χ0v) is 18.0. The number of hydrogen-bond donors (Lipinski definition) is 0. The molecule has 0 spiro atoms. The van der Waals surface area contributed by atoms with E-state index in [1.54, 1.807) is 23.1 Å². The minimum Gasteiger partial charge on any atom is -0.378 e. The second-order valence-electron chi connectivity index (χ2n) is 8.75. The van der Waals surface area contributed by atoms with Crippen molar-refractivity contribution >= 4 is 17.3 Å². The molecule has 1 amide bonds. The van der Waals surface area contributed by atoms with Crippen LogP contribution in [0.5, 0.6) is 0 Å². The van der Waals surface area contributed by atoms with Gasteiger partial charge in [-0.05, 0) is 42.3 Å². The van der Waals surface area contributed by atoms with Crippen LogP contribution in [-0.4, -0.2) is 62.8 Å². The largest absolute Gasteiger partial charge is 0.416 e. The summed E-state index contributed by atoms with van der Waals surface area (Å²) in [6.07, 6.45) is -4.22. The number of morpholine rings is 1. The van der Waals surface area contributed by atoms with Gasteiger partial charge >= 0.3 is 6.18 Å². The fourth-order valence-corrected chi connectivity index (χ4v) is 5.23. The Hall–Kier alpha value is -2.81. The van der Waals surface area contributed by atoms with Crippen LogP contribution in [0.2, 0.25) is 0 Å². The highest BCUT2D eigenvalue weighted by Gasteiger charge is 2.44. The minimum absolute atomic E-state index is 0.0771. The van der Waals surface area contributed by atoms with Crippen molar-refractivity contribution in [2.24, 2.45) is 5.92 Å². The molecule has 3 heterocycles. The number of para-hydroxylation sites is 1. The number of halogens is 4. The van der Waals surface area contributed by atoms with Crippen LogP contribution >= 0.6 is 0 Å². The van der Waals surface area contributed by atoms with Crippen LogP contribution in [0.25, 0.3) is 0 Å². The number of rotatable bonds is 2. The van der Waals surface area contributed by atoms with E-state index in [1.807, 2.05) is 9.80 Å². The summed E-state index contributed by atoms with van der Waals surface area (Å²) in [5.74, 6) is -0.923. The third-order valence-corrected chi connectivity index (χ3v) is 6.87. The van der Waals surface area contributed by atoms with Crippen LogP contribution in [0.4, 0.5) is 28.9 Å². The zero-order valence-electron chi connectivity index (χ0n) is 18.0. The first-order chi connectivity index (χ1) is 15.8. The van der Waals surface area contributed by atoms with E-state index in [1.165, 1.54) is 18.2 Å². The van der Waals surface area contributed by atoms with Gasteiger partial charge in [0.2, 0.25) is 5.91 Å². The molecular formula is C24H25F4N3O2. The molecule has 2 atom stereocenters. The Morgan fingerprint density at radius 3 is 2.45 bits per heavy atom. The van der Waals surface area contributed by atoms with Gasteiger partial charge in [0.1, 0.15) is 5.82 Å². The monoisotopic (exact) mass is 463 g/mol. The van der Waals surface area contributed by atoms with E-state index < -0.39 is 17.7 Å². The Morgan fingerprint density at radius 2 is 1.73 bits per heavy atom. The smallest absolute Gasteiger partial charge is 0.378 e. The minimum atomic E-state index is -4.45. The molecule has 0 aromatic heterocycles. The van der Waals surface area contributed by atoms with Crippen molar-refractivity contribution in [3.8, 4) is 0 Å². The standard InChI is InChI=1S/C24H25F4N3O2/c25-19-3-1-2-4-21(19)30-7-8-31-20-6-5-17(24(26,27)28)13-16(20)14-18(22(31)15-30)23(32)29-9-11-33-12-10-29/h1-6,13,18,22H,7-12,14-15H2/t18-,22-/m1/s1. The lowest BCUT2D eigenvalue weighted by atomic mass is 9.82. The highest BCUT2D eigenvalue weighted by atomic mass is 19.4. The molecule has 0 unspecified atom stereocenters. The van der Waals surface area contributed by atoms with Crippen molar-refractivity contribution in [3.63, 3.8) is 0 Å². The average Bonchev–Trinajstić information content (AvgIpc) is 2.82. The molecule has 5 rings (SSSR count). The molecule has 2 aromatic rings. The maximum atomic E-state index is 14.5. The van der Waals surface area contributed by atoms with Gasteiger partial charge in [-0.15, -0.1) is 0 Å². The summed E-state index contributed by atoms with van der Waals surface area (Å²) < 4.78 is 60.0. The molecular weight excluding hydrogens is 438 g/mol. The van der Waals surface area contributed by atoms with Crippen molar-refractivity contribution < 1.29 is 27.1 Å². The lowest BCUT2D eigenvalue weighted by molar-refractivity contribution is -0.140. The van der Waals surface area contributed by atoms with Crippen molar-refractivity contribution in [1.82, 2.24) is 4.90 Å². The molecule has 0 aliphatic carbocycles. The first kappa shape index (κ1) is 22.0. The van der Waals surface area contributed by atoms with Gasteiger partial charge in [-0.1, -0.05) is 12.1 Å². The topological polar surface area (TPSA) is 36.0 Å². The Bertz CT molecular complexity index is 1040. The Morgan fingerprint density at radius 1 is 0.970 bits per heavy atom. The average molecular weight is 463 g/mol. The summed E-state index contributed by atoms with van der Waals surface area (Å²) in [6.45, 7) is 3.25. The number of alkyl halides is 3. The fraction of sp³-hybridized carbons (Fsp3) is 0.458. The first-order valence-corrected chi connectivity index (χ1v) is 11.2. The maximum Gasteiger partial charge on any atom is 0.416 e. The van der Waals surface area contributed by atoms with E-state index in [9.17, 15) is 22.4 Å². The van der Waals surface area contributed by atoms with Gasteiger partial charge in [0.25, 0.3) is 0 Å². The predicted octanol–water partition coefficient (Wildman–Crippen LogP) is 3.57. The number of carbonyl (C=O) groups is 1. The number of hydrogen-bond acceptors (Lipinski definition) is 4. The van der Waals surface area contributed by atoms with Crippen LogP contribution in [0.15, 0.2) is 42.5 Å². The molecule has 2 fully saturated rings. The lowest BCUT2D eigenvalue weighted by Crippen LogP contribution is -2.62.